The number of amides is 1. The third-order valence-corrected chi connectivity index (χ3v) is 5.33. The third-order valence-electron chi connectivity index (χ3n) is 5.33. The van der Waals surface area contributed by atoms with Crippen LogP contribution in [0.25, 0.3) is 5.76 Å². The normalized spacial score (nSPS) is 17.8. The fraction of sp³-hybridized carbons (Fsp3) is 0.360. The van der Waals surface area contributed by atoms with Crippen molar-refractivity contribution in [1.29, 1.82) is 0 Å². The summed E-state index contributed by atoms with van der Waals surface area (Å²) >= 11 is 0. The summed E-state index contributed by atoms with van der Waals surface area (Å²) in [6, 6.07) is 10.6. The number of ether oxygens (including phenoxy) is 2. The van der Waals surface area contributed by atoms with Gasteiger partial charge in [0.05, 0.1) is 30.4 Å². The molecule has 3 rings (SSSR count). The van der Waals surface area contributed by atoms with Crippen molar-refractivity contribution in [2.24, 2.45) is 0 Å². The number of aromatic hydroxyl groups is 1. The number of rotatable bonds is 8. The van der Waals surface area contributed by atoms with Gasteiger partial charge in [-0.3, -0.25) is 9.59 Å². The molecule has 2 aromatic rings. The Balaban J connectivity index is 2.17. The predicted molar refractivity (Wildman–Crippen MR) is 124 cm³/mol. The zero-order chi connectivity index (χ0) is 24.3. The lowest BCUT2D eigenvalue weighted by Crippen LogP contribution is -2.35. The Bertz CT molecular complexity index is 1080. The van der Waals surface area contributed by atoms with Gasteiger partial charge in [-0.1, -0.05) is 12.1 Å². The maximum Gasteiger partial charge on any atom is 0.295 e. The summed E-state index contributed by atoms with van der Waals surface area (Å²) in [7, 11) is 5.20. The van der Waals surface area contributed by atoms with Crippen LogP contribution in [0.4, 0.5) is 0 Å². The molecule has 8 nitrogen and oxygen atoms in total. The molecule has 2 aromatic carbocycles. The van der Waals surface area contributed by atoms with E-state index in [1.165, 1.54) is 24.1 Å². The molecule has 1 saturated heterocycles. The number of carbonyl (C=O) groups excluding carboxylic acids is 2. The number of likely N-dealkylation sites (tertiary alicyclic amines) is 1. The van der Waals surface area contributed by atoms with E-state index in [2.05, 4.69) is 0 Å². The van der Waals surface area contributed by atoms with E-state index in [9.17, 15) is 19.8 Å². The van der Waals surface area contributed by atoms with Crippen molar-refractivity contribution in [2.45, 2.75) is 26.0 Å². The Morgan fingerprint density at radius 2 is 1.85 bits per heavy atom. The highest BCUT2D eigenvalue weighted by atomic mass is 16.5. The monoisotopic (exact) mass is 454 g/mol. The fourth-order valence-corrected chi connectivity index (χ4v) is 3.78. The first-order chi connectivity index (χ1) is 15.6. The minimum Gasteiger partial charge on any atom is -0.507 e. The summed E-state index contributed by atoms with van der Waals surface area (Å²) in [5, 5.41) is 21.6. The summed E-state index contributed by atoms with van der Waals surface area (Å²) in [5.41, 5.74) is 0.586. The molecular weight excluding hydrogens is 424 g/mol. The Labute approximate surface area is 193 Å². The largest absolute Gasteiger partial charge is 0.507 e. The molecule has 2 N–H and O–H groups in total. The Morgan fingerprint density at radius 3 is 2.45 bits per heavy atom. The van der Waals surface area contributed by atoms with Crippen LogP contribution in [-0.4, -0.2) is 72.1 Å². The average Bonchev–Trinajstić information content (AvgIpc) is 3.01. The quantitative estimate of drug-likeness (QED) is 0.359. The van der Waals surface area contributed by atoms with Crippen molar-refractivity contribution in [3.8, 4) is 17.2 Å². The fourth-order valence-electron chi connectivity index (χ4n) is 3.78. The Hall–Kier alpha value is -3.52. The van der Waals surface area contributed by atoms with Gasteiger partial charge in [0.15, 0.2) is 0 Å². The van der Waals surface area contributed by atoms with Crippen LogP contribution < -0.4 is 9.47 Å². The molecular formula is C25H30N2O6. The van der Waals surface area contributed by atoms with Crippen molar-refractivity contribution in [3.05, 3.63) is 59.2 Å². The maximum atomic E-state index is 13.1. The lowest BCUT2D eigenvalue weighted by Gasteiger charge is -2.27. The first kappa shape index (κ1) is 24.1. The van der Waals surface area contributed by atoms with Gasteiger partial charge >= 0.3 is 0 Å². The maximum absolute atomic E-state index is 13.1. The number of hydrogen-bond donors (Lipinski definition) is 2. The second-order valence-electron chi connectivity index (χ2n) is 8.42. The van der Waals surface area contributed by atoms with E-state index in [4.69, 9.17) is 9.47 Å². The number of phenolic OH excluding ortho intramolecular Hbond substituents is 1. The molecule has 0 aliphatic carbocycles. The average molecular weight is 455 g/mol. The zero-order valence-corrected chi connectivity index (χ0v) is 19.5. The number of aliphatic hydroxyl groups excluding tert-OH is 1. The topological polar surface area (TPSA) is 99.5 Å². The molecule has 1 atom stereocenters. The van der Waals surface area contributed by atoms with Crippen LogP contribution in [0.2, 0.25) is 0 Å². The van der Waals surface area contributed by atoms with E-state index >= 15 is 0 Å². The molecule has 0 radical (unpaired) electrons. The van der Waals surface area contributed by atoms with Gasteiger partial charge in [0.2, 0.25) is 0 Å². The first-order valence-electron chi connectivity index (χ1n) is 10.7. The molecule has 1 aliphatic heterocycles. The van der Waals surface area contributed by atoms with Crippen LogP contribution in [0.3, 0.4) is 0 Å². The van der Waals surface area contributed by atoms with Gasteiger partial charge < -0.3 is 29.5 Å². The lowest BCUT2D eigenvalue weighted by molar-refractivity contribution is -0.140. The molecule has 1 fully saturated rings. The summed E-state index contributed by atoms with van der Waals surface area (Å²) < 4.78 is 10.9. The molecule has 0 saturated carbocycles. The van der Waals surface area contributed by atoms with Crippen molar-refractivity contribution >= 4 is 17.4 Å². The smallest absolute Gasteiger partial charge is 0.295 e. The molecule has 1 aliphatic rings. The SMILES string of the molecule is COc1ccc(/C(O)=C2/C(=O)C(=O)N(CCN(C)C)C2c2cccc(OC(C)C)c2)c(O)c1. The van der Waals surface area contributed by atoms with E-state index in [1.807, 2.05) is 32.8 Å². The van der Waals surface area contributed by atoms with Crippen LogP contribution in [-0.2, 0) is 9.59 Å². The minimum absolute atomic E-state index is 0.0426. The van der Waals surface area contributed by atoms with Crippen molar-refractivity contribution in [3.63, 3.8) is 0 Å². The molecule has 0 bridgehead atoms. The van der Waals surface area contributed by atoms with Crippen molar-refractivity contribution in [1.82, 2.24) is 9.80 Å². The summed E-state index contributed by atoms with van der Waals surface area (Å²) in [4.78, 5) is 29.4. The van der Waals surface area contributed by atoms with Crippen LogP contribution >= 0.6 is 0 Å². The standard InChI is InChI=1S/C25H30N2O6/c1-15(2)33-18-8-6-7-16(13-18)22-21(24(30)25(31)27(22)12-11-26(3)4)23(29)19-10-9-17(32-5)14-20(19)28/h6-10,13-15,22,28-29H,11-12H2,1-5H3/b23-21-. The Morgan fingerprint density at radius 1 is 1.12 bits per heavy atom. The van der Waals surface area contributed by atoms with Gasteiger partial charge in [0.1, 0.15) is 23.0 Å². The molecule has 0 aromatic heterocycles. The second-order valence-corrected chi connectivity index (χ2v) is 8.42. The number of phenols is 1. The first-order valence-corrected chi connectivity index (χ1v) is 10.7. The van der Waals surface area contributed by atoms with E-state index in [0.717, 1.165) is 0 Å². The summed E-state index contributed by atoms with van der Waals surface area (Å²) in [6.07, 6.45) is -0.0587. The van der Waals surface area contributed by atoms with Crippen molar-refractivity contribution < 1.29 is 29.3 Å². The van der Waals surface area contributed by atoms with Gasteiger partial charge in [-0.15, -0.1) is 0 Å². The van der Waals surface area contributed by atoms with Crippen LogP contribution in [0.1, 0.15) is 31.0 Å². The highest BCUT2D eigenvalue weighted by Gasteiger charge is 2.46. The predicted octanol–water partition coefficient (Wildman–Crippen LogP) is 3.17. The van der Waals surface area contributed by atoms with Crippen LogP contribution in [0.15, 0.2) is 48.0 Å². The number of benzene rings is 2. The summed E-state index contributed by atoms with van der Waals surface area (Å²) in [6.45, 7) is 4.62. The van der Waals surface area contributed by atoms with Gasteiger partial charge in [0.25, 0.3) is 11.7 Å². The number of ketones is 1. The third kappa shape index (κ3) is 5.12. The van der Waals surface area contributed by atoms with Gasteiger partial charge in [-0.25, -0.2) is 0 Å². The second kappa shape index (κ2) is 9.95. The number of nitrogens with zero attached hydrogens (tertiary/aromatic N) is 2. The van der Waals surface area contributed by atoms with E-state index < -0.39 is 23.5 Å². The lowest BCUT2D eigenvalue weighted by atomic mass is 9.94. The summed E-state index contributed by atoms with van der Waals surface area (Å²) in [5.74, 6) is -1.23. The number of hydrogen-bond acceptors (Lipinski definition) is 7. The molecule has 1 amide bonds. The number of carbonyl (C=O) groups is 2. The molecule has 1 unspecified atom stereocenters. The van der Waals surface area contributed by atoms with Crippen LogP contribution in [0, 0.1) is 0 Å². The Kier molecular flexibility index (Phi) is 7.28. The highest BCUT2D eigenvalue weighted by Crippen LogP contribution is 2.41. The number of likely N-dealkylation sites (N-methyl/N-ethyl adjacent to an activating group) is 1. The van der Waals surface area contributed by atoms with Gasteiger partial charge in [-0.2, -0.15) is 0 Å². The van der Waals surface area contributed by atoms with Gasteiger partial charge in [-0.05, 0) is 57.8 Å². The number of methoxy groups -OCH3 is 1. The van der Waals surface area contributed by atoms with Crippen molar-refractivity contribution in [2.75, 3.05) is 34.3 Å². The van der Waals surface area contributed by atoms with E-state index in [0.29, 0.717) is 23.6 Å². The molecule has 33 heavy (non-hydrogen) atoms. The van der Waals surface area contributed by atoms with Crippen LogP contribution in [0.5, 0.6) is 17.2 Å². The molecule has 8 heteroatoms. The number of aliphatic hydroxyl groups is 1. The molecule has 176 valence electrons. The highest BCUT2D eigenvalue weighted by molar-refractivity contribution is 6.46. The van der Waals surface area contributed by atoms with Gasteiger partial charge in [0, 0.05) is 19.2 Å². The van der Waals surface area contributed by atoms with E-state index in [-0.39, 0.29) is 29.5 Å². The zero-order valence-electron chi connectivity index (χ0n) is 19.5. The van der Waals surface area contributed by atoms with E-state index in [1.54, 1.807) is 30.3 Å². The minimum atomic E-state index is -0.831. The number of Topliss-reactive ketones (excluding diaryl/α,β-unsaturated/α-hetero) is 1. The molecule has 0 spiro atoms. The molecule has 1 heterocycles.